The zero-order valence-electron chi connectivity index (χ0n) is 19.5. The number of hydrogen-bond acceptors (Lipinski definition) is 5. The highest BCUT2D eigenvalue weighted by Gasteiger charge is 2.42. The van der Waals surface area contributed by atoms with Gasteiger partial charge in [-0.2, -0.15) is 0 Å². The van der Waals surface area contributed by atoms with Crippen molar-refractivity contribution in [3.8, 4) is 11.3 Å². The Bertz CT molecular complexity index is 1560. The van der Waals surface area contributed by atoms with Gasteiger partial charge in [0.25, 0.3) is 5.69 Å². The van der Waals surface area contributed by atoms with Crippen LogP contribution < -0.4 is 5.32 Å². The molecule has 0 spiro atoms. The number of rotatable bonds is 3. The van der Waals surface area contributed by atoms with Crippen LogP contribution in [0.1, 0.15) is 43.9 Å². The van der Waals surface area contributed by atoms with E-state index in [0.29, 0.717) is 23.5 Å². The molecule has 0 fully saturated rings. The lowest BCUT2D eigenvalue weighted by Crippen LogP contribution is -2.33. The number of Topliss-reactive ketones (excluding diaryl/α,β-unsaturated/α-hetero) is 1. The smallest absolute Gasteiger partial charge is 0.280 e. The molecule has 6 rings (SSSR count). The van der Waals surface area contributed by atoms with Gasteiger partial charge in [0.15, 0.2) is 5.78 Å². The first-order valence-corrected chi connectivity index (χ1v) is 11.7. The Labute approximate surface area is 202 Å². The molecule has 1 unspecified atom stereocenters. The van der Waals surface area contributed by atoms with Crippen molar-refractivity contribution in [1.82, 2.24) is 0 Å². The summed E-state index contributed by atoms with van der Waals surface area (Å²) in [5.41, 5.74) is 3.89. The summed E-state index contributed by atoms with van der Waals surface area (Å²) < 4.78 is 6.34. The van der Waals surface area contributed by atoms with Gasteiger partial charge >= 0.3 is 0 Å². The van der Waals surface area contributed by atoms with Crippen LogP contribution in [0.5, 0.6) is 0 Å². The fourth-order valence-electron chi connectivity index (χ4n) is 5.58. The lowest BCUT2D eigenvalue weighted by molar-refractivity contribution is -0.384. The molecule has 3 aromatic carbocycles. The number of nitrogens with one attached hydrogen (secondary N) is 1. The van der Waals surface area contributed by atoms with E-state index in [1.54, 1.807) is 24.3 Å². The van der Waals surface area contributed by atoms with E-state index < -0.39 is 10.8 Å². The number of para-hydroxylation sites is 1. The summed E-state index contributed by atoms with van der Waals surface area (Å²) in [5.74, 6) is 0.736. The Hall–Kier alpha value is -4.19. The van der Waals surface area contributed by atoms with Crippen molar-refractivity contribution in [1.29, 1.82) is 0 Å². The van der Waals surface area contributed by atoms with E-state index in [1.165, 1.54) is 6.07 Å². The highest BCUT2D eigenvalue weighted by atomic mass is 16.6. The van der Waals surface area contributed by atoms with Gasteiger partial charge in [-0.3, -0.25) is 14.9 Å². The van der Waals surface area contributed by atoms with Crippen LogP contribution in [0.15, 0.2) is 88.5 Å². The van der Waals surface area contributed by atoms with Crippen LogP contribution in [0.25, 0.3) is 22.1 Å². The number of carbonyl (C=O) groups excluding carboxylic acids is 1. The number of allylic oxidation sites excluding steroid dienone is 2. The van der Waals surface area contributed by atoms with Gasteiger partial charge < -0.3 is 9.73 Å². The topological polar surface area (TPSA) is 85.4 Å². The molecule has 0 amide bonds. The summed E-state index contributed by atoms with van der Waals surface area (Å²) >= 11 is 0. The van der Waals surface area contributed by atoms with Crippen molar-refractivity contribution in [3.63, 3.8) is 0 Å². The fourth-order valence-corrected chi connectivity index (χ4v) is 5.58. The number of benzene rings is 3. The Kier molecular flexibility index (Phi) is 4.68. The van der Waals surface area contributed by atoms with Crippen molar-refractivity contribution >= 4 is 27.9 Å². The normalized spacial score (nSPS) is 18.7. The molecule has 1 atom stereocenters. The third kappa shape index (κ3) is 3.44. The number of nitro groups is 1. The molecule has 6 nitrogen and oxygen atoms in total. The molecule has 0 radical (unpaired) electrons. The van der Waals surface area contributed by atoms with Crippen molar-refractivity contribution in [2.24, 2.45) is 5.41 Å². The van der Waals surface area contributed by atoms with Gasteiger partial charge in [-0.1, -0.05) is 56.3 Å². The second-order valence-corrected chi connectivity index (χ2v) is 10.1. The number of nitrogens with zero attached hydrogens (tertiary/aromatic N) is 1. The number of ketones is 1. The van der Waals surface area contributed by atoms with Crippen molar-refractivity contribution in [2.75, 3.05) is 5.32 Å². The first-order chi connectivity index (χ1) is 16.8. The molecule has 1 N–H and O–H groups in total. The van der Waals surface area contributed by atoms with Gasteiger partial charge in [0.1, 0.15) is 11.5 Å². The Balaban J connectivity index is 1.58. The monoisotopic (exact) mass is 464 g/mol. The molecule has 0 saturated heterocycles. The molecule has 2 heterocycles. The Morgan fingerprint density at radius 1 is 0.971 bits per heavy atom. The maximum absolute atomic E-state index is 13.6. The summed E-state index contributed by atoms with van der Waals surface area (Å²) in [5, 5.41) is 17.3. The maximum Gasteiger partial charge on any atom is 0.280 e. The van der Waals surface area contributed by atoms with Crippen LogP contribution in [-0.2, 0) is 4.79 Å². The average molecular weight is 465 g/mol. The van der Waals surface area contributed by atoms with Crippen molar-refractivity contribution in [2.45, 2.75) is 32.6 Å². The first kappa shape index (κ1) is 21.4. The summed E-state index contributed by atoms with van der Waals surface area (Å²) in [6.07, 6.45) is 1.22. The number of fused-ring (bicyclic) bond motifs is 3. The first-order valence-electron chi connectivity index (χ1n) is 11.7. The maximum atomic E-state index is 13.6. The standard InChI is InChI=1S/C29H24N2O4/c1-29(2)15-21-27(23(32)16-29)28(26-18-8-4-3-7-17(18)11-12-20(26)30-21)25-14-13-24(35-25)19-9-5-6-10-22(19)31(33)34/h3-14,28,30H,15-16H2,1-2H3. The van der Waals surface area contributed by atoms with E-state index >= 15 is 0 Å². The fraction of sp³-hybridized carbons (Fsp3) is 0.207. The van der Waals surface area contributed by atoms with Crippen LogP contribution in [0.2, 0.25) is 0 Å². The largest absolute Gasteiger partial charge is 0.460 e. The SMILES string of the molecule is CC1(C)CC(=O)C2=C(C1)Nc1ccc3ccccc3c1C2c1ccc(-c2ccccc2[N+](=O)[O-])o1. The molecule has 174 valence electrons. The zero-order chi connectivity index (χ0) is 24.3. The third-order valence-electron chi connectivity index (χ3n) is 7.03. The Morgan fingerprint density at radius 2 is 1.74 bits per heavy atom. The molecule has 0 bridgehead atoms. The number of nitro benzene ring substituents is 1. The van der Waals surface area contributed by atoms with Gasteiger partial charge in [0.05, 0.1) is 16.4 Å². The molecular formula is C29H24N2O4. The third-order valence-corrected chi connectivity index (χ3v) is 7.03. The summed E-state index contributed by atoms with van der Waals surface area (Å²) in [4.78, 5) is 24.8. The van der Waals surface area contributed by atoms with E-state index in [0.717, 1.165) is 39.7 Å². The van der Waals surface area contributed by atoms with Crippen LogP contribution in [0.3, 0.4) is 0 Å². The second-order valence-electron chi connectivity index (χ2n) is 10.1. The second kappa shape index (κ2) is 7.67. The van der Waals surface area contributed by atoms with Gasteiger partial charge in [-0.15, -0.1) is 0 Å². The minimum Gasteiger partial charge on any atom is -0.460 e. The molecule has 35 heavy (non-hydrogen) atoms. The number of furan rings is 1. The van der Waals surface area contributed by atoms with E-state index in [-0.39, 0.29) is 16.9 Å². The number of hydrogen-bond donors (Lipinski definition) is 1. The molecule has 0 saturated carbocycles. The van der Waals surface area contributed by atoms with Crippen molar-refractivity contribution in [3.05, 3.63) is 106 Å². The number of carbonyl (C=O) groups is 1. The van der Waals surface area contributed by atoms with E-state index in [9.17, 15) is 14.9 Å². The van der Waals surface area contributed by atoms with Crippen LogP contribution >= 0.6 is 0 Å². The summed E-state index contributed by atoms with van der Waals surface area (Å²) in [7, 11) is 0. The molecule has 1 aliphatic carbocycles. The lowest BCUT2D eigenvalue weighted by Gasteiger charge is -2.39. The van der Waals surface area contributed by atoms with Gasteiger partial charge in [0, 0.05) is 29.4 Å². The average Bonchev–Trinajstić information content (AvgIpc) is 3.31. The molecule has 1 aromatic heterocycles. The summed E-state index contributed by atoms with van der Waals surface area (Å²) in [6.45, 7) is 4.22. The van der Waals surface area contributed by atoms with Crippen LogP contribution in [0, 0.1) is 15.5 Å². The minimum absolute atomic E-state index is 0.0139. The predicted octanol–water partition coefficient (Wildman–Crippen LogP) is 7.21. The lowest BCUT2D eigenvalue weighted by atomic mass is 9.69. The summed E-state index contributed by atoms with van der Waals surface area (Å²) in [6, 6.07) is 22.4. The van der Waals surface area contributed by atoms with Gasteiger partial charge in [-0.05, 0) is 52.4 Å². The van der Waals surface area contributed by atoms with E-state index in [1.807, 2.05) is 18.2 Å². The zero-order valence-corrected chi connectivity index (χ0v) is 19.5. The Morgan fingerprint density at radius 3 is 2.57 bits per heavy atom. The molecule has 2 aliphatic rings. The van der Waals surface area contributed by atoms with E-state index in [2.05, 4.69) is 43.4 Å². The molecule has 1 aliphatic heterocycles. The molecule has 4 aromatic rings. The predicted molar refractivity (Wildman–Crippen MR) is 135 cm³/mol. The van der Waals surface area contributed by atoms with Gasteiger partial charge in [0.2, 0.25) is 0 Å². The minimum atomic E-state index is -0.405. The van der Waals surface area contributed by atoms with Crippen molar-refractivity contribution < 1.29 is 14.1 Å². The van der Waals surface area contributed by atoms with Gasteiger partial charge in [-0.25, -0.2) is 0 Å². The van der Waals surface area contributed by atoms with Crippen LogP contribution in [-0.4, -0.2) is 10.7 Å². The highest BCUT2D eigenvalue weighted by molar-refractivity contribution is 6.04. The molecule has 6 heteroatoms. The van der Waals surface area contributed by atoms with E-state index in [4.69, 9.17) is 4.42 Å². The highest BCUT2D eigenvalue weighted by Crippen LogP contribution is 2.51. The quantitative estimate of drug-likeness (QED) is 0.256. The number of anilines is 1. The molecular weight excluding hydrogens is 440 g/mol. The van der Waals surface area contributed by atoms with Crippen LogP contribution in [0.4, 0.5) is 11.4 Å².